The molecule has 0 aliphatic carbocycles. The molecule has 0 bridgehead atoms. The fraction of sp³-hybridized carbons (Fsp3) is 0.556. The lowest BCUT2D eigenvalue weighted by Crippen LogP contribution is -2.44. The van der Waals surface area contributed by atoms with Crippen LogP contribution in [0.1, 0.15) is 49.5 Å². The van der Waals surface area contributed by atoms with Crippen molar-refractivity contribution < 1.29 is 32.2 Å². The van der Waals surface area contributed by atoms with E-state index >= 15 is 0 Å². The van der Waals surface area contributed by atoms with Gasteiger partial charge in [0.2, 0.25) is 0 Å². The zero-order valence-electron chi connectivity index (χ0n) is 14.9. The lowest BCUT2D eigenvalue weighted by molar-refractivity contribution is -0.137. The molecule has 26 heavy (non-hydrogen) atoms. The fourth-order valence-corrected chi connectivity index (χ4v) is 2.59. The smallest absolute Gasteiger partial charge is 0.416 e. The normalized spacial score (nSPS) is 16.3. The number of carbonyl (C=O) groups is 2. The third-order valence-electron chi connectivity index (χ3n) is 3.85. The number of nitrogens with zero attached hydrogens (tertiary/aromatic N) is 1. The summed E-state index contributed by atoms with van der Waals surface area (Å²) in [5.41, 5.74) is -1.62. The summed E-state index contributed by atoms with van der Waals surface area (Å²) in [5.74, 6) is 0.115. The molecule has 1 aliphatic heterocycles. The Morgan fingerprint density at radius 3 is 2.31 bits per heavy atom. The fourth-order valence-electron chi connectivity index (χ4n) is 2.59. The van der Waals surface area contributed by atoms with E-state index in [1.165, 1.54) is 0 Å². The van der Waals surface area contributed by atoms with Crippen molar-refractivity contribution in [1.29, 1.82) is 0 Å². The van der Waals surface area contributed by atoms with Crippen molar-refractivity contribution in [2.75, 3.05) is 13.1 Å². The van der Waals surface area contributed by atoms with E-state index in [0.717, 1.165) is 18.2 Å². The Bertz CT molecular complexity index is 659. The number of benzene rings is 1. The Morgan fingerprint density at radius 2 is 1.81 bits per heavy atom. The van der Waals surface area contributed by atoms with Crippen LogP contribution in [0, 0.1) is 0 Å². The standard InChI is InChI=1S/C18H22F3NO4/c1-17(2,3)26-16(24)22-8-6-14(7-9-22)25-15-5-4-13(18(19,20)21)10-12(15)11-23/h4-5,10-11,14H,6-9H2,1-3H3. The predicted molar refractivity (Wildman–Crippen MR) is 88.3 cm³/mol. The van der Waals surface area contributed by atoms with Crippen LogP contribution in [-0.2, 0) is 10.9 Å². The molecular formula is C18H22F3NO4. The molecule has 0 N–H and O–H groups in total. The Morgan fingerprint density at radius 1 is 1.19 bits per heavy atom. The van der Waals surface area contributed by atoms with Gasteiger partial charge in [0.05, 0.1) is 11.1 Å². The lowest BCUT2D eigenvalue weighted by atomic mass is 10.1. The summed E-state index contributed by atoms with van der Waals surface area (Å²) in [6, 6.07) is 2.82. The molecule has 1 saturated heterocycles. The topological polar surface area (TPSA) is 55.8 Å². The van der Waals surface area contributed by atoms with E-state index in [2.05, 4.69) is 0 Å². The van der Waals surface area contributed by atoms with Gasteiger partial charge in [-0.2, -0.15) is 13.2 Å². The van der Waals surface area contributed by atoms with Gasteiger partial charge in [-0.3, -0.25) is 4.79 Å². The Hall–Kier alpha value is -2.25. The van der Waals surface area contributed by atoms with Crippen molar-refractivity contribution in [3.63, 3.8) is 0 Å². The maximum absolute atomic E-state index is 12.7. The average molecular weight is 373 g/mol. The quantitative estimate of drug-likeness (QED) is 0.742. The summed E-state index contributed by atoms with van der Waals surface area (Å²) in [6.07, 6.45) is -3.87. The summed E-state index contributed by atoms with van der Waals surface area (Å²) in [7, 11) is 0. The molecular weight excluding hydrogens is 351 g/mol. The number of piperidine rings is 1. The number of likely N-dealkylation sites (tertiary alicyclic amines) is 1. The first-order valence-electron chi connectivity index (χ1n) is 8.30. The van der Waals surface area contributed by atoms with E-state index in [1.807, 2.05) is 0 Å². The molecule has 1 aromatic carbocycles. The summed E-state index contributed by atoms with van der Waals surface area (Å²) in [5, 5.41) is 0. The summed E-state index contributed by atoms with van der Waals surface area (Å²) < 4.78 is 49.2. The molecule has 0 saturated carbocycles. The van der Waals surface area contributed by atoms with E-state index in [1.54, 1.807) is 25.7 Å². The van der Waals surface area contributed by atoms with Crippen molar-refractivity contribution in [1.82, 2.24) is 4.90 Å². The molecule has 1 fully saturated rings. The van der Waals surface area contributed by atoms with Gasteiger partial charge in [-0.1, -0.05) is 0 Å². The molecule has 8 heteroatoms. The Kier molecular flexibility index (Phi) is 5.83. The molecule has 0 aromatic heterocycles. The number of halogens is 3. The van der Waals surface area contributed by atoms with Gasteiger partial charge >= 0.3 is 12.3 Å². The molecule has 1 aliphatic rings. The molecule has 1 amide bonds. The second-order valence-corrected chi connectivity index (χ2v) is 7.15. The zero-order chi connectivity index (χ0) is 19.5. The highest BCUT2D eigenvalue weighted by Gasteiger charge is 2.32. The van der Waals surface area contributed by atoms with Gasteiger partial charge in [0.15, 0.2) is 6.29 Å². The maximum Gasteiger partial charge on any atom is 0.416 e. The third kappa shape index (κ3) is 5.37. The van der Waals surface area contributed by atoms with Crippen molar-refractivity contribution in [2.24, 2.45) is 0 Å². The molecule has 5 nitrogen and oxygen atoms in total. The third-order valence-corrected chi connectivity index (χ3v) is 3.85. The average Bonchev–Trinajstić information content (AvgIpc) is 2.53. The second kappa shape index (κ2) is 7.55. The highest BCUT2D eigenvalue weighted by molar-refractivity contribution is 5.79. The molecule has 0 unspecified atom stereocenters. The van der Waals surface area contributed by atoms with Crippen LogP contribution in [0.2, 0.25) is 0 Å². The van der Waals surface area contributed by atoms with Gasteiger partial charge in [0.1, 0.15) is 17.5 Å². The highest BCUT2D eigenvalue weighted by atomic mass is 19.4. The van der Waals surface area contributed by atoms with Gasteiger partial charge in [0.25, 0.3) is 0 Å². The Labute approximate surface area is 150 Å². The zero-order valence-corrected chi connectivity index (χ0v) is 14.9. The van der Waals surface area contributed by atoms with Gasteiger partial charge < -0.3 is 14.4 Å². The minimum atomic E-state index is -4.52. The van der Waals surface area contributed by atoms with Gasteiger partial charge in [-0.05, 0) is 39.0 Å². The number of hydrogen-bond acceptors (Lipinski definition) is 4. The van der Waals surface area contributed by atoms with E-state index in [0.29, 0.717) is 32.2 Å². The van der Waals surface area contributed by atoms with Gasteiger partial charge in [-0.25, -0.2) is 4.79 Å². The maximum atomic E-state index is 12.7. The van der Waals surface area contributed by atoms with Crippen LogP contribution in [0.5, 0.6) is 5.75 Å². The largest absolute Gasteiger partial charge is 0.490 e. The molecule has 2 rings (SSSR count). The van der Waals surface area contributed by atoms with E-state index < -0.39 is 23.4 Å². The molecule has 1 heterocycles. The van der Waals surface area contributed by atoms with Crippen molar-refractivity contribution in [3.05, 3.63) is 29.3 Å². The van der Waals surface area contributed by atoms with Crippen LogP contribution in [0.15, 0.2) is 18.2 Å². The number of rotatable bonds is 3. The number of carbonyl (C=O) groups excluding carboxylic acids is 2. The molecule has 0 radical (unpaired) electrons. The molecule has 1 aromatic rings. The number of amides is 1. The first-order valence-corrected chi connectivity index (χ1v) is 8.30. The molecule has 0 spiro atoms. The summed E-state index contributed by atoms with van der Waals surface area (Å²) in [6.45, 7) is 6.18. The van der Waals surface area contributed by atoms with Gasteiger partial charge in [-0.15, -0.1) is 0 Å². The number of ether oxygens (including phenoxy) is 2. The number of alkyl halides is 3. The lowest BCUT2D eigenvalue weighted by Gasteiger charge is -2.33. The van der Waals surface area contributed by atoms with Crippen LogP contribution in [-0.4, -0.2) is 42.1 Å². The minimum absolute atomic E-state index is 0.115. The highest BCUT2D eigenvalue weighted by Crippen LogP contribution is 2.33. The predicted octanol–water partition coefficient (Wildman–Crippen LogP) is 4.30. The first-order chi connectivity index (χ1) is 12.0. The van der Waals surface area contributed by atoms with Crippen LogP contribution in [0.3, 0.4) is 0 Å². The van der Waals surface area contributed by atoms with Crippen LogP contribution >= 0.6 is 0 Å². The first kappa shape index (κ1) is 20.1. The van der Waals surface area contributed by atoms with Crippen molar-refractivity contribution in [3.8, 4) is 5.75 Å². The SMILES string of the molecule is CC(C)(C)OC(=O)N1CCC(Oc2ccc(C(F)(F)F)cc2C=O)CC1. The Balaban J connectivity index is 1.97. The van der Waals surface area contributed by atoms with E-state index in [-0.39, 0.29) is 17.4 Å². The number of hydrogen-bond donors (Lipinski definition) is 0. The van der Waals surface area contributed by atoms with Crippen LogP contribution in [0.4, 0.5) is 18.0 Å². The summed E-state index contributed by atoms with van der Waals surface area (Å²) >= 11 is 0. The van der Waals surface area contributed by atoms with Crippen LogP contribution < -0.4 is 4.74 Å². The minimum Gasteiger partial charge on any atom is -0.490 e. The van der Waals surface area contributed by atoms with Crippen molar-refractivity contribution >= 4 is 12.4 Å². The summed E-state index contributed by atoms with van der Waals surface area (Å²) in [4.78, 5) is 24.7. The monoisotopic (exact) mass is 373 g/mol. The van der Waals surface area contributed by atoms with E-state index in [4.69, 9.17) is 9.47 Å². The van der Waals surface area contributed by atoms with Gasteiger partial charge in [0, 0.05) is 25.9 Å². The molecule has 0 atom stereocenters. The molecule has 144 valence electrons. The van der Waals surface area contributed by atoms with Crippen LogP contribution in [0.25, 0.3) is 0 Å². The van der Waals surface area contributed by atoms with Crippen molar-refractivity contribution in [2.45, 2.75) is 51.5 Å². The van der Waals surface area contributed by atoms with E-state index in [9.17, 15) is 22.8 Å². The second-order valence-electron chi connectivity index (χ2n) is 7.15. The number of aldehydes is 1.